The van der Waals surface area contributed by atoms with Crippen LogP contribution in [0.1, 0.15) is 41.5 Å². The quantitative estimate of drug-likeness (QED) is 0.0273. The van der Waals surface area contributed by atoms with Crippen LogP contribution < -0.4 is 26.6 Å². The lowest BCUT2D eigenvalue weighted by Crippen LogP contribution is -2.71. The summed E-state index contributed by atoms with van der Waals surface area (Å²) in [5, 5.41) is 372. The van der Waals surface area contributed by atoms with Crippen LogP contribution in [0.2, 0.25) is 0 Å². The van der Waals surface area contributed by atoms with Crippen LogP contribution in [0.5, 0.6) is 0 Å². The number of rotatable bonds is 38. The summed E-state index contributed by atoms with van der Waals surface area (Å²) in [6, 6.07) is -9.75. The first-order valence-electron chi connectivity index (χ1n) is 47.0. The van der Waals surface area contributed by atoms with E-state index >= 15 is 0 Å². The van der Waals surface area contributed by atoms with Gasteiger partial charge in [-0.1, -0.05) is 0 Å². The maximum Gasteiger partial charge on any atom is 0.217 e. The summed E-state index contributed by atoms with van der Waals surface area (Å²) < 4.78 is 137. The fraction of sp³-hybridized carbons (Fsp3) is 0.939. The molecule has 850 valence electrons. The first-order valence-corrected chi connectivity index (χ1v) is 47.0. The summed E-state index contributed by atoms with van der Waals surface area (Å²) in [5.41, 5.74) is 0. The minimum absolute atomic E-state index is 0.872. The molecule has 12 rings (SSSR count). The summed E-state index contributed by atoms with van der Waals surface area (Å²) >= 11 is 0. The fourth-order valence-corrected chi connectivity index (χ4v) is 19.0. The van der Waals surface area contributed by atoms with Gasteiger partial charge in [-0.15, -0.1) is 0 Å². The molecule has 0 aromatic rings. The number of carbonyl (C=O) groups excluding carboxylic acids is 5. The predicted molar refractivity (Wildman–Crippen MR) is 452 cm³/mol. The van der Waals surface area contributed by atoms with E-state index in [1.807, 2.05) is 0 Å². The van der Waals surface area contributed by atoms with Crippen LogP contribution >= 0.6 is 0 Å². The van der Waals surface area contributed by atoms with Crippen LogP contribution in [0.4, 0.5) is 0 Å². The van der Waals surface area contributed by atoms with Gasteiger partial charge in [-0.3, -0.25) is 24.0 Å². The van der Waals surface area contributed by atoms with Gasteiger partial charge in [-0.25, -0.2) is 0 Å². The summed E-state index contributed by atoms with van der Waals surface area (Å²) in [4.78, 5) is 65.3. The molecule has 12 saturated heterocycles. The van der Waals surface area contributed by atoms with Gasteiger partial charge in [0.05, 0.1) is 78.8 Å². The molecular weight excluding hydrogens is 2010 g/mol. The van der Waals surface area contributed by atoms with Gasteiger partial charge in [0.2, 0.25) is 29.5 Å². The topological polar surface area (TPSA) is 1010 Å². The largest absolute Gasteiger partial charge is 0.394 e. The van der Waals surface area contributed by atoms with E-state index in [1.165, 1.54) is 6.92 Å². The zero-order valence-electron chi connectivity index (χ0n) is 79.2. The number of hydrogen-bond donors (Lipinski definition) is 37. The second kappa shape index (κ2) is 52.8. The van der Waals surface area contributed by atoms with Crippen molar-refractivity contribution >= 4 is 29.5 Å². The Kier molecular flexibility index (Phi) is 43.4. The molecule has 0 aromatic carbocycles. The second-order valence-electron chi connectivity index (χ2n) is 37.4. The standard InChI is InChI=1S/C82H137N5O60/c1-18-40(100)52(112)58(118)76(129-18)128-17-34-68(47(107)35(71(124)130-34)83-19(2)95)141-74-38(86-22(5)98)50(110)67(30(13-94)136-74)145-81-63(123)69(46(106)33(139-81)16-127-77-59(119)56(116)44(104)31(138-77)14-125-72-36(84-20(3)96)48(108)64(27(10-91)134-72)142-78-60(120)53(113)41(101)24(7-88)131-78)146-82-70(147-75-39(87-23(6)99)51(111)66(29(12-93)137-75)144-80-62(122)55(115)43(103)26(9-90)133-80)57(117)45(105)32(140-82)15-126-73-37(85-21(4)97)49(109)65(28(11-92)135-73)143-79-61(121)54(114)42(102)25(8-89)132-79/h18,24-82,88-94,100-124H,7-17H2,1-6H3,(H,83,95)(H,84,96)(H,85,97)(H,86,98)(H,87,99)/t18-,24+,25+,26+,27+,28+,29+,30+,31+,32+,33+,34+,35+,36+,37+,38+,39+,40+,41-,42-,43-,44+,45+,46+,47+,48+,49+,50+,51+,52+,53-,54-,55-,56-,57-,58-,59-,60+,61+,62+,63-,64+,65+,66+,67+,68+,69-,70-,71+,72+,73+,74-,75-,76+,77-,78-,79-,80-,81-,82+/m0/s1. The molecule has 5 amide bonds. The minimum atomic E-state index is -2.77. The smallest absolute Gasteiger partial charge is 0.217 e. The van der Waals surface area contributed by atoms with Crippen molar-refractivity contribution in [3.8, 4) is 0 Å². The molecule has 12 aliphatic rings. The molecule has 12 aliphatic heterocycles. The third kappa shape index (κ3) is 27.2. The van der Waals surface area contributed by atoms with Crippen LogP contribution in [-0.2, 0) is 133 Å². The van der Waals surface area contributed by atoms with Gasteiger partial charge in [-0.2, -0.15) is 0 Å². The van der Waals surface area contributed by atoms with Crippen molar-refractivity contribution < 1.29 is 296 Å². The minimum Gasteiger partial charge on any atom is -0.394 e. The van der Waals surface area contributed by atoms with Crippen molar-refractivity contribution in [3.05, 3.63) is 0 Å². The lowest BCUT2D eigenvalue weighted by Gasteiger charge is -2.51. The zero-order chi connectivity index (χ0) is 108. The second-order valence-corrected chi connectivity index (χ2v) is 37.4. The summed E-state index contributed by atoms with van der Waals surface area (Å²) in [5.74, 6) is -4.85. The van der Waals surface area contributed by atoms with Gasteiger partial charge in [0.15, 0.2) is 75.5 Å². The van der Waals surface area contributed by atoms with Gasteiger partial charge >= 0.3 is 0 Å². The van der Waals surface area contributed by atoms with Crippen molar-refractivity contribution in [1.82, 2.24) is 26.6 Å². The highest BCUT2D eigenvalue weighted by molar-refractivity contribution is 5.75. The molecule has 0 spiro atoms. The number of carbonyl (C=O) groups is 5. The van der Waals surface area contributed by atoms with E-state index in [2.05, 4.69) is 26.6 Å². The Hall–Kier alpha value is -4.85. The zero-order valence-corrected chi connectivity index (χ0v) is 79.2. The van der Waals surface area contributed by atoms with Crippen molar-refractivity contribution in [2.45, 2.75) is 410 Å². The first-order chi connectivity index (χ1) is 69.5. The Morgan fingerprint density at radius 2 is 0.415 bits per heavy atom. The number of aliphatic hydroxyl groups excluding tert-OH is 32. The molecule has 0 bridgehead atoms. The van der Waals surface area contributed by atoms with Crippen LogP contribution in [0.25, 0.3) is 0 Å². The SMILES string of the molecule is CC(=O)N[C@@H]1[C@@H](O)[C@H](O[C@@H]2O[C@H](CO)[C@@H](O[C@@H]3O[C@H](CO[C@H]4O[C@H](CO[C@@H]5O[C@H](CO)[C@@H](O[C@@H]6O[C@H](CO)[C@H](O)[C@H](O)[C@H]6O)[C@H](O)[C@H]5NC(C)=O)[C@@H](O)[C@H](O)[C@@H]4O)[C@@H](O)[C@H](O[C@H]4O[C@H](CO[C@@H]5O[C@H](CO)[C@@H](O[C@@H]6O[C@H](CO)[C@H](O)[C@H](O)[C@H]6O)[C@H](O)[C@H]5NC(C)=O)[C@@H](O)[C@H](O)[C@@H]4O[C@@H]4O[C@H](CO)[C@@H](O[C@@H]5O[C@H](CO)[C@H](O)[C@H](O)[C@H]5O)[C@H](O)[C@H]4NC(C)=O)[C@@H]3O)[C@H](O)[C@H]2NC(C)=O)[C@@H](CO[C@@H]2O[C@@H](C)[C@@H](O)[C@@H](O)[C@@H]2O)O[C@H]1O. The lowest BCUT2D eigenvalue weighted by molar-refractivity contribution is -0.399. The average molecular weight is 2150 g/mol. The summed E-state index contributed by atoms with van der Waals surface area (Å²) in [7, 11) is 0. The Labute approximate surface area is 832 Å². The van der Waals surface area contributed by atoms with E-state index < -0.39 is 470 Å². The third-order valence-corrected chi connectivity index (χ3v) is 27.0. The normalized spacial score (nSPS) is 49.6. The van der Waals surface area contributed by atoms with Crippen LogP contribution in [0, 0.1) is 0 Å². The molecule has 65 nitrogen and oxygen atoms in total. The number of amides is 5. The molecule has 0 aromatic heterocycles. The van der Waals surface area contributed by atoms with Crippen molar-refractivity contribution in [1.29, 1.82) is 0 Å². The maximum absolute atomic E-state index is 13.5. The molecular formula is C82H137N5O60. The van der Waals surface area contributed by atoms with E-state index in [-0.39, 0.29) is 0 Å². The molecule has 0 unspecified atom stereocenters. The van der Waals surface area contributed by atoms with Crippen LogP contribution in [0.15, 0.2) is 0 Å². The Balaban J connectivity index is 0.891. The van der Waals surface area contributed by atoms with Crippen LogP contribution in [-0.4, -0.2) is 634 Å². The molecule has 12 fully saturated rings. The molecule has 65 heteroatoms. The molecule has 0 aliphatic carbocycles. The van der Waals surface area contributed by atoms with E-state index in [9.17, 15) is 187 Å². The lowest BCUT2D eigenvalue weighted by atomic mass is 9.93. The number of ether oxygens (including phenoxy) is 23. The molecule has 12 heterocycles. The summed E-state index contributed by atoms with van der Waals surface area (Å²) in [6.07, 6.45) is -117. The van der Waals surface area contributed by atoms with E-state index in [0.29, 0.717) is 0 Å². The number of hydrogen-bond acceptors (Lipinski definition) is 60. The van der Waals surface area contributed by atoms with Crippen molar-refractivity contribution in [2.24, 2.45) is 0 Å². The molecule has 147 heavy (non-hydrogen) atoms. The molecule has 60 atom stereocenters. The van der Waals surface area contributed by atoms with Gasteiger partial charge in [-0.05, 0) is 6.92 Å². The molecule has 0 saturated carbocycles. The van der Waals surface area contributed by atoms with Gasteiger partial charge in [0.1, 0.15) is 287 Å². The first kappa shape index (κ1) is 121. The Morgan fingerprint density at radius 1 is 0.190 bits per heavy atom. The molecule has 0 radical (unpaired) electrons. The average Bonchev–Trinajstić information content (AvgIpc) is 0.760. The fourth-order valence-electron chi connectivity index (χ4n) is 19.0. The maximum atomic E-state index is 13.5. The highest BCUT2D eigenvalue weighted by atomic mass is 16.8. The van der Waals surface area contributed by atoms with E-state index in [4.69, 9.17) is 109 Å². The van der Waals surface area contributed by atoms with E-state index in [1.54, 1.807) is 0 Å². The highest BCUT2D eigenvalue weighted by Crippen LogP contribution is 2.42. The van der Waals surface area contributed by atoms with Gasteiger partial charge < -0.3 is 299 Å². The van der Waals surface area contributed by atoms with Gasteiger partial charge in [0, 0.05) is 34.6 Å². The predicted octanol–water partition coefficient (Wildman–Crippen LogP) is -25.4. The third-order valence-electron chi connectivity index (χ3n) is 27.0. The number of nitrogens with one attached hydrogen (secondary N) is 5. The van der Waals surface area contributed by atoms with E-state index in [0.717, 1.165) is 34.6 Å². The number of aliphatic hydroxyl groups is 32. The van der Waals surface area contributed by atoms with Gasteiger partial charge in [0.25, 0.3) is 0 Å². The monoisotopic (exact) mass is 2150 g/mol. The van der Waals surface area contributed by atoms with Crippen molar-refractivity contribution in [3.63, 3.8) is 0 Å². The summed E-state index contributed by atoms with van der Waals surface area (Å²) in [6.45, 7) is -6.38. The van der Waals surface area contributed by atoms with Crippen LogP contribution in [0.3, 0.4) is 0 Å². The Morgan fingerprint density at radius 3 is 0.769 bits per heavy atom. The van der Waals surface area contributed by atoms with Crippen molar-refractivity contribution in [2.75, 3.05) is 72.7 Å². The Bertz CT molecular complexity index is 4110. The highest BCUT2D eigenvalue weighted by Gasteiger charge is 2.63. The molecule has 37 N–H and O–H groups in total.